The number of aromatic nitrogens is 3. The lowest BCUT2D eigenvalue weighted by Gasteiger charge is -2.17. The molecule has 1 aliphatic rings. The third kappa shape index (κ3) is 3.12. The van der Waals surface area contributed by atoms with Gasteiger partial charge in [0.25, 0.3) is 0 Å². The highest BCUT2D eigenvalue weighted by Gasteiger charge is 2.22. The van der Waals surface area contributed by atoms with E-state index in [1.165, 1.54) is 20.0 Å². The first-order valence-corrected chi connectivity index (χ1v) is 6.88. The first-order valence-electron chi connectivity index (χ1n) is 6.88. The number of nitrogens with one attached hydrogen (secondary N) is 1. The molecule has 0 aromatic carbocycles. The topological polar surface area (TPSA) is 69.0 Å². The molecule has 0 fully saturated rings. The number of carbonyl (C=O) groups excluding carboxylic acids is 1. The molecule has 1 amide bonds. The van der Waals surface area contributed by atoms with Crippen molar-refractivity contribution in [1.29, 1.82) is 0 Å². The van der Waals surface area contributed by atoms with Crippen LogP contribution in [-0.2, 0) is 22.5 Å². The number of aryl methyl sites for hydroxylation is 1. The molecule has 0 saturated heterocycles. The Bertz CT molecular complexity index is 444. The highest BCUT2D eigenvalue weighted by Crippen LogP contribution is 2.18. The van der Waals surface area contributed by atoms with Crippen molar-refractivity contribution in [2.24, 2.45) is 0 Å². The summed E-state index contributed by atoms with van der Waals surface area (Å²) in [5, 5.41) is 11.4. The summed E-state index contributed by atoms with van der Waals surface area (Å²) < 4.78 is 7.16. The minimum Gasteiger partial charge on any atom is -0.372 e. The van der Waals surface area contributed by atoms with Gasteiger partial charge in [-0.15, -0.1) is 10.2 Å². The Kier molecular flexibility index (Phi) is 4.52. The van der Waals surface area contributed by atoms with Crippen molar-refractivity contribution in [3.05, 3.63) is 11.6 Å². The van der Waals surface area contributed by atoms with E-state index < -0.39 is 6.10 Å². The van der Waals surface area contributed by atoms with Crippen molar-refractivity contribution >= 4 is 5.91 Å². The van der Waals surface area contributed by atoms with Crippen LogP contribution >= 0.6 is 0 Å². The lowest BCUT2D eigenvalue weighted by molar-refractivity contribution is -0.130. The average Bonchev–Trinajstić information content (AvgIpc) is 2.67. The molecule has 6 heteroatoms. The number of carbonyl (C=O) groups is 1. The molecule has 1 aromatic heterocycles. The third-order valence-electron chi connectivity index (χ3n) is 3.61. The molecule has 106 valence electrons. The Morgan fingerprint density at radius 1 is 1.32 bits per heavy atom. The molecule has 2 atom stereocenters. The second-order valence-electron chi connectivity index (χ2n) is 5.04. The van der Waals surface area contributed by atoms with Crippen LogP contribution in [0.25, 0.3) is 0 Å². The van der Waals surface area contributed by atoms with Crippen molar-refractivity contribution in [2.75, 3.05) is 7.11 Å². The van der Waals surface area contributed by atoms with E-state index in [2.05, 4.69) is 20.1 Å². The molecular formula is C13H22N4O2. The zero-order valence-corrected chi connectivity index (χ0v) is 11.8. The number of ether oxygens (including phenoxy) is 1. The van der Waals surface area contributed by atoms with Crippen LogP contribution in [0.15, 0.2) is 0 Å². The lowest BCUT2D eigenvalue weighted by atomic mass is 10.2. The highest BCUT2D eigenvalue weighted by atomic mass is 16.5. The van der Waals surface area contributed by atoms with Gasteiger partial charge >= 0.3 is 0 Å². The van der Waals surface area contributed by atoms with E-state index in [0.29, 0.717) is 0 Å². The van der Waals surface area contributed by atoms with E-state index >= 15 is 0 Å². The standard InChI is InChI=1S/C13H22N4O2/c1-9(14-13(18)10(2)19-3)12-16-15-11-7-5-4-6-8-17(11)12/h9-10H,4-8H2,1-3H3,(H,14,18). The van der Waals surface area contributed by atoms with E-state index in [1.807, 2.05) is 6.92 Å². The maximum Gasteiger partial charge on any atom is 0.249 e. The Labute approximate surface area is 113 Å². The normalized spacial score (nSPS) is 18.3. The number of rotatable bonds is 4. The molecule has 1 N–H and O–H groups in total. The van der Waals surface area contributed by atoms with Gasteiger partial charge < -0.3 is 14.6 Å². The third-order valence-corrected chi connectivity index (χ3v) is 3.61. The maximum absolute atomic E-state index is 11.8. The summed E-state index contributed by atoms with van der Waals surface area (Å²) >= 11 is 0. The number of fused-ring (bicyclic) bond motifs is 1. The van der Waals surface area contributed by atoms with E-state index in [9.17, 15) is 4.79 Å². The molecule has 6 nitrogen and oxygen atoms in total. The number of methoxy groups -OCH3 is 1. The predicted molar refractivity (Wildman–Crippen MR) is 70.6 cm³/mol. The molecule has 0 bridgehead atoms. The summed E-state index contributed by atoms with van der Waals surface area (Å²) in [5.41, 5.74) is 0. The molecule has 19 heavy (non-hydrogen) atoms. The van der Waals surface area contributed by atoms with Crippen molar-refractivity contribution < 1.29 is 9.53 Å². The summed E-state index contributed by atoms with van der Waals surface area (Å²) in [5.74, 6) is 1.75. The van der Waals surface area contributed by atoms with Gasteiger partial charge in [0.05, 0.1) is 6.04 Å². The van der Waals surface area contributed by atoms with Gasteiger partial charge in [0.1, 0.15) is 11.9 Å². The second kappa shape index (κ2) is 6.14. The Hall–Kier alpha value is -1.43. The Balaban J connectivity index is 2.09. The first kappa shape index (κ1) is 14.0. The van der Waals surface area contributed by atoms with Gasteiger partial charge in [0.15, 0.2) is 5.82 Å². The molecule has 2 heterocycles. The summed E-state index contributed by atoms with van der Waals surface area (Å²) in [4.78, 5) is 11.8. The average molecular weight is 266 g/mol. The zero-order valence-electron chi connectivity index (χ0n) is 11.8. The predicted octanol–water partition coefficient (Wildman–Crippen LogP) is 1.22. The molecule has 1 aromatic rings. The molecule has 0 radical (unpaired) electrons. The van der Waals surface area contributed by atoms with Gasteiger partial charge in [-0.25, -0.2) is 0 Å². The number of hydrogen-bond acceptors (Lipinski definition) is 4. The van der Waals surface area contributed by atoms with Gasteiger partial charge in [-0.3, -0.25) is 4.79 Å². The number of nitrogens with zero attached hydrogens (tertiary/aromatic N) is 3. The van der Waals surface area contributed by atoms with Crippen LogP contribution in [0.1, 0.15) is 50.8 Å². The van der Waals surface area contributed by atoms with Gasteiger partial charge in [0, 0.05) is 20.1 Å². The maximum atomic E-state index is 11.8. The fourth-order valence-corrected chi connectivity index (χ4v) is 2.33. The smallest absolute Gasteiger partial charge is 0.249 e. The number of hydrogen-bond donors (Lipinski definition) is 1. The molecular weight excluding hydrogens is 244 g/mol. The van der Waals surface area contributed by atoms with Gasteiger partial charge in [0.2, 0.25) is 5.91 Å². The molecule has 0 saturated carbocycles. The van der Waals surface area contributed by atoms with Crippen molar-refractivity contribution in [3.63, 3.8) is 0 Å². The quantitative estimate of drug-likeness (QED) is 0.889. The molecule has 2 rings (SSSR count). The largest absolute Gasteiger partial charge is 0.372 e. The molecule has 1 aliphatic heterocycles. The number of amides is 1. The van der Waals surface area contributed by atoms with E-state index in [-0.39, 0.29) is 11.9 Å². The summed E-state index contributed by atoms with van der Waals surface area (Å²) in [7, 11) is 1.53. The fraction of sp³-hybridized carbons (Fsp3) is 0.769. The van der Waals surface area contributed by atoms with Crippen molar-refractivity contribution in [2.45, 2.75) is 58.2 Å². The van der Waals surface area contributed by atoms with Crippen LogP contribution in [0, 0.1) is 0 Å². The van der Waals surface area contributed by atoms with Crippen LogP contribution < -0.4 is 5.32 Å². The molecule has 0 aliphatic carbocycles. The molecule has 0 spiro atoms. The minimum absolute atomic E-state index is 0.124. The Morgan fingerprint density at radius 2 is 2.11 bits per heavy atom. The van der Waals surface area contributed by atoms with Gasteiger partial charge in [-0.1, -0.05) is 6.42 Å². The monoisotopic (exact) mass is 266 g/mol. The summed E-state index contributed by atoms with van der Waals surface area (Å²) in [6.07, 6.45) is 4.06. The van der Waals surface area contributed by atoms with Gasteiger partial charge in [-0.2, -0.15) is 0 Å². The second-order valence-corrected chi connectivity index (χ2v) is 5.04. The van der Waals surface area contributed by atoms with Crippen LogP contribution in [0.2, 0.25) is 0 Å². The fourth-order valence-electron chi connectivity index (χ4n) is 2.33. The summed E-state index contributed by atoms with van der Waals surface area (Å²) in [6, 6.07) is -0.149. The first-order chi connectivity index (χ1) is 9.13. The minimum atomic E-state index is -0.450. The van der Waals surface area contributed by atoms with E-state index in [1.54, 1.807) is 6.92 Å². The Morgan fingerprint density at radius 3 is 2.84 bits per heavy atom. The van der Waals surface area contributed by atoms with Gasteiger partial charge in [-0.05, 0) is 26.7 Å². The van der Waals surface area contributed by atoms with Crippen LogP contribution in [-0.4, -0.2) is 33.9 Å². The highest BCUT2D eigenvalue weighted by molar-refractivity contribution is 5.80. The van der Waals surface area contributed by atoms with E-state index in [0.717, 1.165) is 31.0 Å². The lowest BCUT2D eigenvalue weighted by Crippen LogP contribution is -2.36. The molecule has 2 unspecified atom stereocenters. The SMILES string of the molecule is COC(C)C(=O)NC(C)c1nnc2n1CCCCC2. The van der Waals surface area contributed by atoms with Crippen LogP contribution in [0.4, 0.5) is 0 Å². The van der Waals surface area contributed by atoms with Crippen LogP contribution in [0.3, 0.4) is 0 Å². The van der Waals surface area contributed by atoms with E-state index in [4.69, 9.17) is 4.74 Å². The van der Waals surface area contributed by atoms with Crippen LogP contribution in [0.5, 0.6) is 0 Å². The van der Waals surface area contributed by atoms with Crippen molar-refractivity contribution in [1.82, 2.24) is 20.1 Å². The van der Waals surface area contributed by atoms with Crippen molar-refractivity contribution in [3.8, 4) is 0 Å². The summed E-state index contributed by atoms with van der Waals surface area (Å²) in [6.45, 7) is 4.60. The zero-order chi connectivity index (χ0) is 13.8.